The third-order valence-corrected chi connectivity index (χ3v) is 3.99. The van der Waals surface area contributed by atoms with Crippen LogP contribution in [0.5, 0.6) is 0 Å². The summed E-state index contributed by atoms with van der Waals surface area (Å²) in [5, 5.41) is 13.1. The smallest absolute Gasteiger partial charge is 0.355 e. The molecule has 2 N–H and O–H groups in total. The topological polar surface area (TPSA) is 79.3 Å². The van der Waals surface area contributed by atoms with E-state index in [0.29, 0.717) is 6.54 Å². The number of aromatic nitrogens is 1. The molecule has 0 aliphatic heterocycles. The summed E-state index contributed by atoms with van der Waals surface area (Å²) < 4.78 is 0. The Morgan fingerprint density at radius 2 is 2.29 bits per heavy atom. The lowest BCUT2D eigenvalue weighted by Gasteiger charge is -2.38. The fourth-order valence-electron chi connectivity index (χ4n) is 1.80. The number of carboxylic acid groups (broad SMARTS) is 1. The van der Waals surface area contributed by atoms with Crippen molar-refractivity contribution in [1.82, 2.24) is 10.3 Å². The number of carbonyl (C=O) groups is 2. The van der Waals surface area contributed by atoms with Gasteiger partial charge in [0.1, 0.15) is 0 Å². The summed E-state index contributed by atoms with van der Waals surface area (Å²) in [5.74, 6) is -1.39. The first-order chi connectivity index (χ1) is 8.00. The van der Waals surface area contributed by atoms with E-state index >= 15 is 0 Å². The summed E-state index contributed by atoms with van der Waals surface area (Å²) in [6.07, 6.45) is 3.48. The van der Waals surface area contributed by atoms with Crippen LogP contribution >= 0.6 is 11.3 Å². The van der Waals surface area contributed by atoms with E-state index in [4.69, 9.17) is 5.11 Å². The van der Waals surface area contributed by atoms with E-state index < -0.39 is 5.97 Å². The summed E-state index contributed by atoms with van der Waals surface area (Å²) in [6.45, 7) is 2.77. The van der Waals surface area contributed by atoms with Crippen molar-refractivity contribution in [2.24, 2.45) is 5.41 Å². The number of aromatic carboxylic acids is 1. The second-order valence-corrected chi connectivity index (χ2v) is 5.55. The van der Waals surface area contributed by atoms with Gasteiger partial charge in [-0.2, -0.15) is 0 Å². The molecule has 1 saturated carbocycles. The molecule has 0 saturated heterocycles. The van der Waals surface area contributed by atoms with E-state index in [-0.39, 0.29) is 22.0 Å². The van der Waals surface area contributed by atoms with Gasteiger partial charge in [-0.15, -0.1) is 11.3 Å². The van der Waals surface area contributed by atoms with Crippen molar-refractivity contribution in [2.75, 3.05) is 6.54 Å². The maximum Gasteiger partial charge on any atom is 0.355 e. The molecular weight excluding hydrogens is 240 g/mol. The second-order valence-electron chi connectivity index (χ2n) is 4.69. The Labute approximate surface area is 103 Å². The van der Waals surface area contributed by atoms with Crippen molar-refractivity contribution in [3.05, 3.63) is 16.1 Å². The van der Waals surface area contributed by atoms with Crippen LogP contribution in [0.4, 0.5) is 0 Å². The monoisotopic (exact) mass is 254 g/mol. The molecule has 6 heteroatoms. The van der Waals surface area contributed by atoms with Crippen molar-refractivity contribution < 1.29 is 14.7 Å². The molecule has 1 fully saturated rings. The van der Waals surface area contributed by atoms with Gasteiger partial charge in [0.2, 0.25) is 0 Å². The van der Waals surface area contributed by atoms with Gasteiger partial charge in [0, 0.05) is 11.9 Å². The fraction of sp³-hybridized carbons (Fsp3) is 0.545. The number of carbonyl (C=O) groups excluding carboxylic acids is 1. The Morgan fingerprint density at radius 3 is 2.76 bits per heavy atom. The number of amides is 1. The van der Waals surface area contributed by atoms with Crippen LogP contribution in [0, 0.1) is 5.41 Å². The third-order valence-electron chi connectivity index (χ3n) is 3.15. The van der Waals surface area contributed by atoms with Crippen molar-refractivity contribution in [3.8, 4) is 0 Å². The van der Waals surface area contributed by atoms with Crippen LogP contribution in [0.15, 0.2) is 5.38 Å². The molecule has 0 radical (unpaired) electrons. The molecular formula is C11H14N2O3S. The number of carboxylic acids is 1. The summed E-state index contributed by atoms with van der Waals surface area (Å²) in [6, 6.07) is 0. The lowest BCUT2D eigenvalue weighted by atomic mass is 9.70. The molecule has 0 atom stereocenters. The van der Waals surface area contributed by atoms with Gasteiger partial charge in [0.15, 0.2) is 10.7 Å². The molecule has 2 rings (SSSR count). The molecule has 1 aliphatic rings. The molecule has 0 aromatic carbocycles. The number of thiazole rings is 1. The van der Waals surface area contributed by atoms with Crippen molar-refractivity contribution >= 4 is 23.2 Å². The highest BCUT2D eigenvalue weighted by Gasteiger charge is 2.32. The molecule has 1 heterocycles. The molecule has 1 aromatic heterocycles. The van der Waals surface area contributed by atoms with Crippen molar-refractivity contribution in [3.63, 3.8) is 0 Å². The van der Waals surface area contributed by atoms with Crippen molar-refractivity contribution in [2.45, 2.75) is 26.2 Å². The Bertz CT molecular complexity index is 451. The largest absolute Gasteiger partial charge is 0.476 e. The third kappa shape index (κ3) is 2.63. The van der Waals surface area contributed by atoms with E-state index in [2.05, 4.69) is 17.2 Å². The van der Waals surface area contributed by atoms with Crippen LogP contribution in [0.25, 0.3) is 0 Å². The minimum atomic E-state index is -1.11. The normalized spacial score (nSPS) is 17.2. The number of hydrogen-bond donors (Lipinski definition) is 2. The Hall–Kier alpha value is -1.43. The van der Waals surface area contributed by atoms with Crippen LogP contribution in [-0.4, -0.2) is 28.5 Å². The Kier molecular flexibility index (Phi) is 3.15. The summed E-state index contributed by atoms with van der Waals surface area (Å²) in [5.41, 5.74) is 0.137. The van der Waals surface area contributed by atoms with E-state index in [0.717, 1.165) is 24.2 Å². The number of rotatable bonds is 4. The molecule has 0 spiro atoms. The van der Waals surface area contributed by atoms with Gasteiger partial charge in [-0.05, 0) is 18.3 Å². The Balaban J connectivity index is 1.92. The predicted molar refractivity (Wildman–Crippen MR) is 63.4 cm³/mol. The quantitative estimate of drug-likeness (QED) is 0.858. The zero-order valence-corrected chi connectivity index (χ0v) is 10.3. The van der Waals surface area contributed by atoms with Crippen LogP contribution in [0.2, 0.25) is 0 Å². The first-order valence-electron chi connectivity index (χ1n) is 5.47. The average molecular weight is 254 g/mol. The number of nitrogens with zero attached hydrogens (tertiary/aromatic N) is 1. The van der Waals surface area contributed by atoms with Gasteiger partial charge >= 0.3 is 5.97 Å². The molecule has 17 heavy (non-hydrogen) atoms. The molecule has 92 valence electrons. The van der Waals surface area contributed by atoms with Crippen LogP contribution in [0.3, 0.4) is 0 Å². The number of nitrogens with one attached hydrogen (secondary N) is 1. The highest BCUT2D eigenvalue weighted by Crippen LogP contribution is 2.39. The van der Waals surface area contributed by atoms with Gasteiger partial charge in [-0.3, -0.25) is 4.79 Å². The molecule has 1 amide bonds. The van der Waals surface area contributed by atoms with E-state index in [1.165, 1.54) is 11.8 Å². The maximum atomic E-state index is 11.7. The van der Waals surface area contributed by atoms with Crippen LogP contribution in [0.1, 0.15) is 46.5 Å². The van der Waals surface area contributed by atoms with Gasteiger partial charge in [0.25, 0.3) is 5.91 Å². The maximum absolute atomic E-state index is 11.7. The molecule has 0 bridgehead atoms. The van der Waals surface area contributed by atoms with Gasteiger partial charge in [-0.1, -0.05) is 13.3 Å². The van der Waals surface area contributed by atoms with E-state index in [9.17, 15) is 9.59 Å². The van der Waals surface area contributed by atoms with Crippen LogP contribution < -0.4 is 5.32 Å². The first-order valence-corrected chi connectivity index (χ1v) is 6.35. The predicted octanol–water partition coefficient (Wildman–Crippen LogP) is 1.76. The highest BCUT2D eigenvalue weighted by molar-refractivity contribution is 7.11. The minimum Gasteiger partial charge on any atom is -0.476 e. The van der Waals surface area contributed by atoms with E-state index in [1.807, 2.05) is 0 Å². The van der Waals surface area contributed by atoms with Gasteiger partial charge < -0.3 is 10.4 Å². The van der Waals surface area contributed by atoms with E-state index in [1.54, 1.807) is 0 Å². The zero-order valence-electron chi connectivity index (χ0n) is 9.52. The summed E-state index contributed by atoms with van der Waals surface area (Å²) in [4.78, 5) is 26.1. The van der Waals surface area contributed by atoms with Gasteiger partial charge in [0.05, 0.1) is 0 Å². The lowest BCUT2D eigenvalue weighted by Crippen LogP contribution is -2.39. The SMILES string of the molecule is CC1(CNC(=O)c2nc(C(=O)O)cs2)CCC1. The fourth-order valence-corrected chi connectivity index (χ4v) is 2.51. The summed E-state index contributed by atoms with van der Waals surface area (Å²) in [7, 11) is 0. The lowest BCUT2D eigenvalue weighted by molar-refractivity contribution is 0.0691. The zero-order chi connectivity index (χ0) is 12.5. The van der Waals surface area contributed by atoms with Gasteiger partial charge in [-0.25, -0.2) is 9.78 Å². The first kappa shape index (κ1) is 12.0. The Morgan fingerprint density at radius 1 is 1.59 bits per heavy atom. The average Bonchev–Trinajstić information content (AvgIpc) is 2.72. The minimum absolute atomic E-state index is 0.0741. The summed E-state index contributed by atoms with van der Waals surface area (Å²) >= 11 is 1.06. The molecule has 5 nitrogen and oxygen atoms in total. The molecule has 0 unspecified atom stereocenters. The van der Waals surface area contributed by atoms with Crippen molar-refractivity contribution in [1.29, 1.82) is 0 Å². The van der Waals surface area contributed by atoms with Crippen LogP contribution in [-0.2, 0) is 0 Å². The molecule has 1 aromatic rings. The standard InChI is InChI=1S/C11H14N2O3S/c1-11(3-2-4-11)6-12-8(14)9-13-7(5-17-9)10(15)16/h5H,2-4,6H2,1H3,(H,12,14)(H,15,16). The molecule has 1 aliphatic carbocycles. The number of hydrogen-bond acceptors (Lipinski definition) is 4. The highest BCUT2D eigenvalue weighted by atomic mass is 32.1. The second kappa shape index (κ2) is 4.44.